The van der Waals surface area contributed by atoms with Gasteiger partial charge in [0.2, 0.25) is 15.9 Å². The average Bonchev–Trinajstić information content (AvgIpc) is 2.55. The lowest BCUT2D eigenvalue weighted by Crippen LogP contribution is -2.45. The van der Waals surface area contributed by atoms with Crippen LogP contribution >= 0.6 is 23.2 Å². The lowest BCUT2D eigenvalue weighted by atomic mass is 10.2. The van der Waals surface area contributed by atoms with Crippen LogP contribution in [0.25, 0.3) is 0 Å². The molecule has 11 heteroatoms. The summed E-state index contributed by atoms with van der Waals surface area (Å²) in [4.78, 5) is 22.9. The Bertz CT molecular complexity index is 997. The first-order valence-corrected chi connectivity index (χ1v) is 10.1. The smallest absolute Gasteiger partial charge is 0.271 e. The van der Waals surface area contributed by atoms with Crippen LogP contribution in [0.15, 0.2) is 42.5 Å². The van der Waals surface area contributed by atoms with Crippen molar-refractivity contribution < 1.29 is 18.1 Å². The zero-order valence-corrected chi connectivity index (χ0v) is 16.5. The second-order valence-electron chi connectivity index (χ2n) is 5.63. The Morgan fingerprint density at radius 2 is 1.89 bits per heavy atom. The Morgan fingerprint density at radius 3 is 2.44 bits per heavy atom. The SMILES string of the molecule is C[C@@H](C(=O)Nc1cc([N+](=O)[O-])ccc1Cl)N(c1cccc(Cl)c1)S(C)(=O)=O. The zero-order chi connectivity index (χ0) is 20.4. The molecular formula is C16H15Cl2N3O5S. The largest absolute Gasteiger partial charge is 0.323 e. The van der Waals surface area contributed by atoms with Crippen LogP contribution in [0.2, 0.25) is 10.0 Å². The van der Waals surface area contributed by atoms with E-state index in [4.69, 9.17) is 23.2 Å². The van der Waals surface area contributed by atoms with Gasteiger partial charge in [0, 0.05) is 17.2 Å². The minimum Gasteiger partial charge on any atom is -0.323 e. The van der Waals surface area contributed by atoms with Crippen molar-refractivity contribution in [2.75, 3.05) is 15.9 Å². The summed E-state index contributed by atoms with van der Waals surface area (Å²) in [6.45, 7) is 1.38. The lowest BCUT2D eigenvalue weighted by Gasteiger charge is -2.28. The van der Waals surface area contributed by atoms with Crippen molar-refractivity contribution in [3.63, 3.8) is 0 Å². The molecule has 1 N–H and O–H groups in total. The minimum absolute atomic E-state index is 0.00209. The molecule has 0 aliphatic rings. The molecule has 1 atom stereocenters. The molecule has 8 nitrogen and oxygen atoms in total. The van der Waals surface area contributed by atoms with Gasteiger partial charge >= 0.3 is 0 Å². The highest BCUT2D eigenvalue weighted by molar-refractivity contribution is 7.92. The summed E-state index contributed by atoms with van der Waals surface area (Å²) in [6.07, 6.45) is 0.956. The fraction of sp³-hybridized carbons (Fsp3) is 0.188. The van der Waals surface area contributed by atoms with E-state index < -0.39 is 26.9 Å². The number of amides is 1. The summed E-state index contributed by atoms with van der Waals surface area (Å²) in [5.74, 6) is -0.720. The molecular weight excluding hydrogens is 417 g/mol. The summed E-state index contributed by atoms with van der Waals surface area (Å²) in [5.41, 5.74) is -0.0581. The highest BCUT2D eigenvalue weighted by Crippen LogP contribution is 2.28. The number of hydrogen-bond acceptors (Lipinski definition) is 5. The van der Waals surface area contributed by atoms with Crippen molar-refractivity contribution in [2.45, 2.75) is 13.0 Å². The van der Waals surface area contributed by atoms with Gasteiger partial charge in [-0.1, -0.05) is 29.3 Å². The number of hydrogen-bond donors (Lipinski definition) is 1. The number of sulfonamides is 1. The number of nitrogens with one attached hydrogen (secondary N) is 1. The number of carbonyl (C=O) groups is 1. The molecule has 1 amide bonds. The van der Waals surface area contributed by atoms with Gasteiger partial charge in [0.25, 0.3) is 5.69 Å². The molecule has 0 aliphatic carbocycles. The summed E-state index contributed by atoms with van der Waals surface area (Å²) >= 11 is 11.9. The van der Waals surface area contributed by atoms with Gasteiger partial charge in [-0.15, -0.1) is 0 Å². The molecule has 0 aliphatic heterocycles. The molecule has 2 aromatic carbocycles. The third-order valence-corrected chi connectivity index (χ3v) is 5.38. The second-order valence-corrected chi connectivity index (χ2v) is 8.33. The van der Waals surface area contributed by atoms with Crippen molar-refractivity contribution in [2.24, 2.45) is 0 Å². The fourth-order valence-electron chi connectivity index (χ4n) is 2.38. The maximum absolute atomic E-state index is 12.6. The fourth-order valence-corrected chi connectivity index (χ4v) is 3.90. The number of nitrogens with zero attached hydrogens (tertiary/aromatic N) is 2. The maximum Gasteiger partial charge on any atom is 0.271 e. The number of carbonyl (C=O) groups excluding carboxylic acids is 1. The predicted octanol–water partition coefficient (Wildman–Crippen LogP) is 3.69. The van der Waals surface area contributed by atoms with Crippen molar-refractivity contribution >= 4 is 56.2 Å². The highest BCUT2D eigenvalue weighted by Gasteiger charge is 2.29. The van der Waals surface area contributed by atoms with Crippen molar-refractivity contribution in [3.8, 4) is 0 Å². The predicted molar refractivity (Wildman–Crippen MR) is 105 cm³/mol. The first-order valence-electron chi connectivity index (χ1n) is 7.50. The first kappa shape index (κ1) is 20.9. The lowest BCUT2D eigenvalue weighted by molar-refractivity contribution is -0.384. The molecule has 0 fully saturated rings. The van der Waals surface area contributed by atoms with Gasteiger partial charge in [-0.05, 0) is 31.2 Å². The van der Waals surface area contributed by atoms with Crippen LogP contribution in [-0.2, 0) is 14.8 Å². The van der Waals surface area contributed by atoms with Gasteiger partial charge < -0.3 is 5.32 Å². The van der Waals surface area contributed by atoms with Crippen LogP contribution in [0, 0.1) is 10.1 Å². The number of rotatable bonds is 6. The molecule has 2 rings (SSSR count). The highest BCUT2D eigenvalue weighted by atomic mass is 35.5. The summed E-state index contributed by atoms with van der Waals surface area (Å²) in [7, 11) is -3.83. The number of halogens is 2. The van der Waals surface area contributed by atoms with Crippen LogP contribution < -0.4 is 9.62 Å². The van der Waals surface area contributed by atoms with E-state index in [-0.39, 0.29) is 22.1 Å². The van der Waals surface area contributed by atoms with E-state index in [1.165, 1.54) is 31.2 Å². The topological polar surface area (TPSA) is 110 Å². The van der Waals surface area contributed by atoms with E-state index in [1.54, 1.807) is 12.1 Å². The summed E-state index contributed by atoms with van der Waals surface area (Å²) in [5, 5.41) is 13.7. The molecule has 27 heavy (non-hydrogen) atoms. The van der Waals surface area contributed by atoms with E-state index in [9.17, 15) is 23.3 Å². The van der Waals surface area contributed by atoms with E-state index in [1.807, 2.05) is 0 Å². The molecule has 2 aromatic rings. The van der Waals surface area contributed by atoms with Gasteiger partial charge in [-0.2, -0.15) is 0 Å². The Kier molecular flexibility index (Phi) is 6.30. The number of non-ortho nitro benzene ring substituents is 1. The number of anilines is 2. The quantitative estimate of drug-likeness (QED) is 0.553. The standard InChI is InChI=1S/C16H15Cl2N3O5S/c1-10(20(27(2,25)26)12-5-3-4-11(17)8-12)16(22)19-15-9-13(21(23)24)6-7-14(15)18/h3-10H,1-2H3,(H,19,22)/t10-/m0/s1. The van der Waals surface area contributed by atoms with Gasteiger partial charge in [0.1, 0.15) is 6.04 Å². The molecule has 0 heterocycles. The number of nitro groups is 1. The average molecular weight is 432 g/mol. The molecule has 0 unspecified atom stereocenters. The van der Waals surface area contributed by atoms with Crippen LogP contribution in [0.5, 0.6) is 0 Å². The monoisotopic (exact) mass is 431 g/mol. The van der Waals surface area contributed by atoms with Crippen LogP contribution in [0.4, 0.5) is 17.1 Å². The van der Waals surface area contributed by atoms with Gasteiger partial charge in [0.05, 0.1) is 27.6 Å². The second kappa shape index (κ2) is 8.12. The molecule has 0 bridgehead atoms. The Hall–Kier alpha value is -2.36. The Balaban J connectivity index is 2.36. The van der Waals surface area contributed by atoms with E-state index in [0.717, 1.165) is 16.6 Å². The van der Waals surface area contributed by atoms with Gasteiger partial charge in [0.15, 0.2) is 0 Å². The van der Waals surface area contributed by atoms with E-state index in [0.29, 0.717) is 5.02 Å². The summed E-state index contributed by atoms with van der Waals surface area (Å²) < 4.78 is 25.4. The zero-order valence-electron chi connectivity index (χ0n) is 14.2. The number of nitro benzene ring substituents is 1. The van der Waals surface area contributed by atoms with Crippen LogP contribution in [-0.4, -0.2) is 31.5 Å². The maximum atomic E-state index is 12.6. The van der Waals surface area contributed by atoms with E-state index in [2.05, 4.69) is 5.32 Å². The van der Waals surface area contributed by atoms with Gasteiger partial charge in [-0.3, -0.25) is 19.2 Å². The summed E-state index contributed by atoms with van der Waals surface area (Å²) in [6, 6.07) is 8.41. The Labute approximate surface area is 165 Å². The normalized spacial score (nSPS) is 12.3. The third-order valence-electron chi connectivity index (χ3n) is 3.57. The molecule has 0 saturated heterocycles. The van der Waals surface area contributed by atoms with E-state index >= 15 is 0 Å². The Morgan fingerprint density at radius 1 is 1.22 bits per heavy atom. The van der Waals surface area contributed by atoms with Crippen molar-refractivity contribution in [3.05, 3.63) is 62.6 Å². The third kappa shape index (κ3) is 5.09. The van der Waals surface area contributed by atoms with Gasteiger partial charge in [-0.25, -0.2) is 8.42 Å². The van der Waals surface area contributed by atoms with Crippen molar-refractivity contribution in [1.82, 2.24) is 0 Å². The first-order chi connectivity index (χ1) is 12.5. The molecule has 0 saturated carbocycles. The number of benzene rings is 2. The molecule has 0 radical (unpaired) electrons. The van der Waals surface area contributed by atoms with Crippen molar-refractivity contribution in [1.29, 1.82) is 0 Å². The van der Waals surface area contributed by atoms with Crippen LogP contribution in [0.3, 0.4) is 0 Å². The minimum atomic E-state index is -3.83. The molecule has 0 spiro atoms. The van der Waals surface area contributed by atoms with Crippen LogP contribution in [0.1, 0.15) is 6.92 Å². The molecule has 0 aromatic heterocycles. The molecule has 144 valence electrons.